The molecule has 0 aliphatic heterocycles. The van der Waals surface area contributed by atoms with Crippen LogP contribution in [0, 0.1) is 0 Å². The number of carbonyl (C=O) groups is 3. The standard InChI is InChI=1S/C29H34N4O5/c1-19(30-17-28(37)24-8-11-27(36)26(15-24)32-18-34)12-22-4-3-5-23(13-22)14-29(38)31-16-21-6-9-25(10-7-21)33-20(2)35/h3-11,13,15,18-19,28,30,36-37H,12,14,16-17H2,1-2H3,(H,31,38)(H,32,34)(H,33,35)/t19-,28-/m1/s1. The van der Waals surface area contributed by atoms with Crippen LogP contribution in [0.4, 0.5) is 11.4 Å². The Kier molecular flexibility index (Phi) is 10.4. The summed E-state index contributed by atoms with van der Waals surface area (Å²) in [4.78, 5) is 34.3. The molecule has 0 saturated carbocycles. The highest BCUT2D eigenvalue weighted by Gasteiger charge is 2.13. The number of aromatic hydroxyl groups is 1. The molecule has 0 spiro atoms. The van der Waals surface area contributed by atoms with Crippen LogP contribution in [-0.4, -0.2) is 41.0 Å². The molecular formula is C29H34N4O5. The van der Waals surface area contributed by atoms with E-state index in [9.17, 15) is 24.6 Å². The number of aliphatic hydroxyl groups is 1. The van der Waals surface area contributed by atoms with Crippen LogP contribution < -0.4 is 21.3 Å². The quantitative estimate of drug-likeness (QED) is 0.152. The van der Waals surface area contributed by atoms with Gasteiger partial charge in [0.25, 0.3) is 0 Å². The lowest BCUT2D eigenvalue weighted by atomic mass is 10.0. The molecule has 3 aromatic rings. The van der Waals surface area contributed by atoms with Gasteiger partial charge in [0.05, 0.1) is 18.2 Å². The number of aliphatic hydroxyl groups excluding tert-OH is 1. The van der Waals surface area contributed by atoms with Gasteiger partial charge in [-0.3, -0.25) is 14.4 Å². The number of carbonyl (C=O) groups excluding carboxylic acids is 3. The molecule has 0 saturated heterocycles. The first kappa shape index (κ1) is 28.4. The molecular weight excluding hydrogens is 484 g/mol. The van der Waals surface area contributed by atoms with Crippen molar-refractivity contribution in [3.05, 3.63) is 89.0 Å². The van der Waals surface area contributed by atoms with Gasteiger partial charge in [0, 0.05) is 31.7 Å². The molecule has 0 aliphatic rings. The van der Waals surface area contributed by atoms with E-state index in [4.69, 9.17) is 0 Å². The molecule has 0 fully saturated rings. The number of benzene rings is 3. The van der Waals surface area contributed by atoms with Crippen molar-refractivity contribution in [2.75, 3.05) is 17.2 Å². The molecule has 3 aromatic carbocycles. The van der Waals surface area contributed by atoms with E-state index in [2.05, 4.69) is 21.3 Å². The number of rotatable bonds is 13. The zero-order valence-electron chi connectivity index (χ0n) is 21.5. The minimum atomic E-state index is -0.818. The van der Waals surface area contributed by atoms with Crippen molar-refractivity contribution in [2.45, 2.75) is 45.4 Å². The van der Waals surface area contributed by atoms with Crippen LogP contribution in [0.2, 0.25) is 0 Å². The van der Waals surface area contributed by atoms with E-state index < -0.39 is 6.10 Å². The van der Waals surface area contributed by atoms with Crippen molar-refractivity contribution >= 4 is 29.6 Å². The summed E-state index contributed by atoms with van der Waals surface area (Å²) in [7, 11) is 0. The number of nitrogens with one attached hydrogen (secondary N) is 4. The van der Waals surface area contributed by atoms with Crippen molar-refractivity contribution in [1.29, 1.82) is 0 Å². The van der Waals surface area contributed by atoms with E-state index in [1.807, 2.05) is 43.3 Å². The van der Waals surface area contributed by atoms with Gasteiger partial charge in [-0.2, -0.15) is 0 Å². The molecule has 9 nitrogen and oxygen atoms in total. The number of anilines is 2. The highest BCUT2D eigenvalue weighted by atomic mass is 16.3. The lowest BCUT2D eigenvalue weighted by Gasteiger charge is -2.18. The third kappa shape index (κ3) is 9.02. The average Bonchev–Trinajstić information content (AvgIpc) is 2.88. The Balaban J connectivity index is 1.46. The summed E-state index contributed by atoms with van der Waals surface area (Å²) < 4.78 is 0. The van der Waals surface area contributed by atoms with E-state index in [0.717, 1.165) is 16.7 Å². The van der Waals surface area contributed by atoms with Crippen LogP contribution in [0.25, 0.3) is 0 Å². The fourth-order valence-corrected chi connectivity index (χ4v) is 4.02. The molecule has 9 heteroatoms. The lowest BCUT2D eigenvalue weighted by molar-refractivity contribution is -0.120. The van der Waals surface area contributed by atoms with E-state index in [1.54, 1.807) is 18.2 Å². The van der Waals surface area contributed by atoms with Crippen molar-refractivity contribution in [3.63, 3.8) is 0 Å². The van der Waals surface area contributed by atoms with Gasteiger partial charge in [0.1, 0.15) is 5.75 Å². The summed E-state index contributed by atoms with van der Waals surface area (Å²) >= 11 is 0. The Hall–Kier alpha value is -4.21. The summed E-state index contributed by atoms with van der Waals surface area (Å²) in [5, 5.41) is 31.6. The Morgan fingerprint density at radius 2 is 1.71 bits per heavy atom. The van der Waals surface area contributed by atoms with E-state index in [-0.39, 0.29) is 35.7 Å². The van der Waals surface area contributed by atoms with Crippen LogP contribution in [0.15, 0.2) is 66.7 Å². The number of phenolic OH excluding ortho intramolecular Hbond substituents is 1. The minimum absolute atomic E-state index is 0.0545. The Morgan fingerprint density at radius 1 is 0.974 bits per heavy atom. The highest BCUT2D eigenvalue weighted by Crippen LogP contribution is 2.26. The molecule has 6 N–H and O–H groups in total. The highest BCUT2D eigenvalue weighted by molar-refractivity contribution is 5.88. The molecule has 3 amide bonds. The third-order valence-corrected chi connectivity index (χ3v) is 5.94. The predicted molar refractivity (Wildman–Crippen MR) is 147 cm³/mol. The van der Waals surface area contributed by atoms with Gasteiger partial charge in [0.15, 0.2) is 0 Å². The summed E-state index contributed by atoms with van der Waals surface area (Å²) in [6, 6.07) is 19.8. The van der Waals surface area contributed by atoms with Crippen molar-refractivity contribution in [3.8, 4) is 5.75 Å². The van der Waals surface area contributed by atoms with Gasteiger partial charge in [0.2, 0.25) is 18.2 Å². The van der Waals surface area contributed by atoms with Crippen LogP contribution in [-0.2, 0) is 33.8 Å². The molecule has 200 valence electrons. The van der Waals surface area contributed by atoms with E-state index in [1.165, 1.54) is 19.1 Å². The van der Waals surface area contributed by atoms with Gasteiger partial charge >= 0.3 is 0 Å². The van der Waals surface area contributed by atoms with Crippen LogP contribution in [0.5, 0.6) is 5.75 Å². The smallest absolute Gasteiger partial charge is 0.224 e. The summed E-state index contributed by atoms with van der Waals surface area (Å²) in [5.74, 6) is -0.284. The van der Waals surface area contributed by atoms with Gasteiger partial charge in [-0.15, -0.1) is 0 Å². The minimum Gasteiger partial charge on any atom is -0.506 e. The second-order valence-electron chi connectivity index (χ2n) is 9.22. The number of hydrogen-bond acceptors (Lipinski definition) is 6. The Morgan fingerprint density at radius 3 is 2.42 bits per heavy atom. The van der Waals surface area contributed by atoms with Crippen LogP contribution in [0.1, 0.15) is 42.2 Å². The number of amides is 3. The van der Waals surface area contributed by atoms with Crippen LogP contribution in [0.3, 0.4) is 0 Å². The second-order valence-corrected chi connectivity index (χ2v) is 9.22. The van der Waals surface area contributed by atoms with Crippen molar-refractivity contribution in [2.24, 2.45) is 0 Å². The van der Waals surface area contributed by atoms with Crippen molar-refractivity contribution < 1.29 is 24.6 Å². The first-order valence-corrected chi connectivity index (χ1v) is 12.4. The number of hydrogen-bond donors (Lipinski definition) is 6. The fourth-order valence-electron chi connectivity index (χ4n) is 4.02. The maximum atomic E-state index is 12.5. The third-order valence-electron chi connectivity index (χ3n) is 5.94. The topological polar surface area (TPSA) is 140 Å². The largest absolute Gasteiger partial charge is 0.506 e. The summed E-state index contributed by atoms with van der Waals surface area (Å²) in [5.41, 5.74) is 4.44. The van der Waals surface area contributed by atoms with Crippen LogP contribution >= 0.6 is 0 Å². The first-order valence-electron chi connectivity index (χ1n) is 12.4. The van der Waals surface area contributed by atoms with Crippen molar-refractivity contribution in [1.82, 2.24) is 10.6 Å². The van der Waals surface area contributed by atoms with Gasteiger partial charge in [-0.1, -0.05) is 42.5 Å². The normalized spacial score (nSPS) is 12.3. The summed E-state index contributed by atoms with van der Waals surface area (Å²) in [6.45, 7) is 4.16. The maximum Gasteiger partial charge on any atom is 0.224 e. The molecule has 2 atom stereocenters. The van der Waals surface area contributed by atoms with E-state index >= 15 is 0 Å². The molecule has 38 heavy (non-hydrogen) atoms. The van der Waals surface area contributed by atoms with E-state index in [0.29, 0.717) is 37.2 Å². The SMILES string of the molecule is CC(=O)Nc1ccc(CNC(=O)Cc2cccc(C[C@@H](C)NC[C@@H](O)c3ccc(O)c(NC=O)c3)c2)cc1. The Labute approximate surface area is 222 Å². The molecule has 3 rings (SSSR count). The molecule has 0 bridgehead atoms. The second kappa shape index (κ2) is 13.9. The monoisotopic (exact) mass is 518 g/mol. The molecule has 0 aliphatic carbocycles. The zero-order valence-corrected chi connectivity index (χ0v) is 21.5. The molecule has 0 heterocycles. The number of phenols is 1. The maximum absolute atomic E-state index is 12.5. The first-order chi connectivity index (χ1) is 18.2. The average molecular weight is 519 g/mol. The predicted octanol–water partition coefficient (Wildman–Crippen LogP) is 3.03. The summed E-state index contributed by atoms with van der Waals surface area (Å²) in [6.07, 6.45) is 0.618. The van der Waals surface area contributed by atoms with Gasteiger partial charge in [-0.25, -0.2) is 0 Å². The van der Waals surface area contributed by atoms with Gasteiger partial charge in [-0.05, 0) is 59.9 Å². The molecule has 0 unspecified atom stereocenters. The molecule has 0 radical (unpaired) electrons. The Bertz CT molecular complexity index is 1250. The van der Waals surface area contributed by atoms with Gasteiger partial charge < -0.3 is 31.5 Å². The zero-order chi connectivity index (χ0) is 27.5. The lowest BCUT2D eigenvalue weighted by Crippen LogP contribution is -2.32. The molecule has 0 aromatic heterocycles. The fraction of sp³-hybridized carbons (Fsp3) is 0.276.